The summed E-state index contributed by atoms with van der Waals surface area (Å²) < 4.78 is 0. The molecular formula is C18H27O2-. The average molecular weight is 275 g/mol. The van der Waals surface area contributed by atoms with Crippen molar-refractivity contribution < 1.29 is 9.90 Å². The first kappa shape index (κ1) is 18.4. The van der Waals surface area contributed by atoms with Gasteiger partial charge in [0.05, 0.1) is 0 Å². The topological polar surface area (TPSA) is 40.1 Å². The maximum atomic E-state index is 10.2. The van der Waals surface area contributed by atoms with Crippen molar-refractivity contribution in [2.75, 3.05) is 0 Å². The molecule has 0 aliphatic carbocycles. The van der Waals surface area contributed by atoms with Crippen LogP contribution in [0.4, 0.5) is 0 Å². The second kappa shape index (κ2) is 15.5. The zero-order valence-corrected chi connectivity index (χ0v) is 12.6. The molecule has 0 aliphatic heterocycles. The molecule has 0 rings (SSSR count). The van der Waals surface area contributed by atoms with Crippen LogP contribution in [0.2, 0.25) is 0 Å². The number of hydrogen-bond donors (Lipinski definition) is 0. The van der Waals surface area contributed by atoms with Gasteiger partial charge in [-0.3, -0.25) is 0 Å². The Morgan fingerprint density at radius 3 is 1.90 bits per heavy atom. The van der Waals surface area contributed by atoms with Gasteiger partial charge in [-0.2, -0.15) is 0 Å². The number of allylic oxidation sites excluding steroid dienone is 8. The fourth-order valence-electron chi connectivity index (χ4n) is 1.62. The molecule has 2 heteroatoms. The first-order valence-electron chi connectivity index (χ1n) is 7.57. The Bertz CT molecular complexity index is 335. The van der Waals surface area contributed by atoms with Crippen molar-refractivity contribution in [3.63, 3.8) is 0 Å². The lowest BCUT2D eigenvalue weighted by atomic mass is 10.2. The minimum Gasteiger partial charge on any atom is -0.550 e. The normalized spacial score (nSPS) is 12.4. The molecule has 0 spiro atoms. The summed E-state index contributed by atoms with van der Waals surface area (Å²) in [5.41, 5.74) is 0. The third-order valence-electron chi connectivity index (χ3n) is 2.70. The minimum atomic E-state index is -0.959. The Morgan fingerprint density at radius 1 is 0.800 bits per heavy atom. The average Bonchev–Trinajstić information content (AvgIpc) is 2.43. The number of rotatable bonds is 12. The molecule has 0 bridgehead atoms. The van der Waals surface area contributed by atoms with Gasteiger partial charge in [0.15, 0.2) is 0 Å². The molecule has 20 heavy (non-hydrogen) atoms. The van der Waals surface area contributed by atoms with Crippen molar-refractivity contribution in [1.82, 2.24) is 0 Å². The highest BCUT2D eigenvalue weighted by atomic mass is 16.4. The fourth-order valence-corrected chi connectivity index (χ4v) is 1.62. The van der Waals surface area contributed by atoms with E-state index >= 15 is 0 Å². The number of carboxylic acids is 1. The third kappa shape index (κ3) is 16.4. The van der Waals surface area contributed by atoms with Gasteiger partial charge in [-0.1, -0.05) is 55.5 Å². The molecular weight excluding hydrogens is 248 g/mol. The van der Waals surface area contributed by atoms with E-state index in [0.29, 0.717) is 6.42 Å². The van der Waals surface area contributed by atoms with Crippen LogP contribution in [0.3, 0.4) is 0 Å². The smallest absolute Gasteiger partial charge is 0.0414 e. The van der Waals surface area contributed by atoms with Crippen LogP contribution >= 0.6 is 0 Å². The standard InChI is InChI=1S/C18H28O2/c1-2-3-4-5-6-7-8-9-10-11-12-13-14-15-16-17-18(19)20/h3-4,6-7,9-10,13-14H,2,5,8,11-12,15-17H2,1H3,(H,19,20)/p-1/b4-3-,7-6-,10-9-,14-13-. The van der Waals surface area contributed by atoms with Crippen LogP contribution in [0, 0.1) is 0 Å². The van der Waals surface area contributed by atoms with Crippen LogP contribution in [0.25, 0.3) is 0 Å². The highest BCUT2D eigenvalue weighted by molar-refractivity contribution is 5.64. The summed E-state index contributed by atoms with van der Waals surface area (Å²) in [5.74, 6) is -0.959. The summed E-state index contributed by atoms with van der Waals surface area (Å²) in [5, 5.41) is 10.2. The first-order chi connectivity index (χ1) is 9.77. The van der Waals surface area contributed by atoms with Crippen molar-refractivity contribution >= 4 is 5.97 Å². The highest BCUT2D eigenvalue weighted by Crippen LogP contribution is 2.00. The van der Waals surface area contributed by atoms with E-state index in [-0.39, 0.29) is 6.42 Å². The van der Waals surface area contributed by atoms with Crippen molar-refractivity contribution in [3.05, 3.63) is 48.6 Å². The van der Waals surface area contributed by atoms with Crippen molar-refractivity contribution in [2.24, 2.45) is 0 Å². The summed E-state index contributed by atoms with van der Waals surface area (Å²) in [4.78, 5) is 10.2. The van der Waals surface area contributed by atoms with Crippen LogP contribution in [0.1, 0.15) is 58.3 Å². The van der Waals surface area contributed by atoms with E-state index in [1.165, 1.54) is 0 Å². The lowest BCUT2D eigenvalue weighted by Gasteiger charge is -1.97. The maximum Gasteiger partial charge on any atom is 0.0414 e. The van der Waals surface area contributed by atoms with Gasteiger partial charge in [-0.15, -0.1) is 0 Å². The lowest BCUT2D eigenvalue weighted by molar-refractivity contribution is -0.305. The van der Waals surface area contributed by atoms with Gasteiger partial charge in [-0.25, -0.2) is 0 Å². The van der Waals surface area contributed by atoms with Crippen molar-refractivity contribution in [1.29, 1.82) is 0 Å². The number of carbonyl (C=O) groups excluding carboxylic acids is 1. The van der Waals surface area contributed by atoms with Gasteiger partial charge in [-0.05, 0) is 51.4 Å². The molecule has 0 aromatic heterocycles. The molecule has 0 fully saturated rings. The summed E-state index contributed by atoms with van der Waals surface area (Å²) in [6.07, 6.45) is 24.1. The molecule has 0 saturated carbocycles. The molecule has 112 valence electrons. The maximum absolute atomic E-state index is 10.2. The Labute approximate surface area is 123 Å². The summed E-state index contributed by atoms with van der Waals surface area (Å²) >= 11 is 0. The molecule has 0 heterocycles. The summed E-state index contributed by atoms with van der Waals surface area (Å²) in [7, 11) is 0. The quantitative estimate of drug-likeness (QED) is 0.397. The van der Waals surface area contributed by atoms with E-state index in [2.05, 4.69) is 55.5 Å². The molecule has 0 N–H and O–H groups in total. The van der Waals surface area contributed by atoms with Crippen molar-refractivity contribution in [3.8, 4) is 0 Å². The Morgan fingerprint density at radius 2 is 1.30 bits per heavy atom. The largest absolute Gasteiger partial charge is 0.550 e. The van der Waals surface area contributed by atoms with Crippen molar-refractivity contribution in [2.45, 2.75) is 58.3 Å². The number of hydrogen-bond acceptors (Lipinski definition) is 2. The monoisotopic (exact) mass is 275 g/mol. The molecule has 0 unspecified atom stereocenters. The molecule has 0 aromatic carbocycles. The molecule has 2 nitrogen and oxygen atoms in total. The Hall–Kier alpha value is -1.57. The van der Waals surface area contributed by atoms with Gasteiger partial charge in [0.25, 0.3) is 0 Å². The molecule has 0 aliphatic rings. The predicted octanol–water partition coefficient (Wildman–Crippen LogP) is 4.10. The highest BCUT2D eigenvalue weighted by Gasteiger charge is 1.84. The van der Waals surface area contributed by atoms with Gasteiger partial charge in [0, 0.05) is 5.97 Å². The number of carbonyl (C=O) groups is 1. The molecule has 0 radical (unpaired) electrons. The van der Waals surface area contributed by atoms with E-state index in [1.807, 2.05) is 0 Å². The van der Waals surface area contributed by atoms with Crippen LogP contribution in [0.15, 0.2) is 48.6 Å². The first-order valence-corrected chi connectivity index (χ1v) is 7.57. The molecule has 0 atom stereocenters. The number of carboxylic acid groups (broad SMARTS) is 1. The van der Waals surface area contributed by atoms with E-state index < -0.39 is 5.97 Å². The molecule has 0 aromatic rings. The van der Waals surface area contributed by atoms with E-state index in [1.54, 1.807) is 0 Å². The molecule has 0 amide bonds. The van der Waals surface area contributed by atoms with Gasteiger partial charge < -0.3 is 9.90 Å². The SMILES string of the molecule is CC/C=C\C/C=C\C/C=C\CC/C=C\CCCC(=O)[O-]. The van der Waals surface area contributed by atoms with Crippen LogP contribution < -0.4 is 5.11 Å². The third-order valence-corrected chi connectivity index (χ3v) is 2.70. The van der Waals surface area contributed by atoms with E-state index in [0.717, 1.165) is 38.5 Å². The van der Waals surface area contributed by atoms with Crippen LogP contribution in [-0.2, 0) is 4.79 Å². The zero-order valence-electron chi connectivity index (χ0n) is 12.6. The number of aliphatic carboxylic acids is 1. The fraction of sp³-hybridized carbons (Fsp3) is 0.500. The van der Waals surface area contributed by atoms with E-state index in [4.69, 9.17) is 0 Å². The lowest BCUT2D eigenvalue weighted by Crippen LogP contribution is -2.21. The van der Waals surface area contributed by atoms with Gasteiger partial charge in [0.2, 0.25) is 0 Å². The van der Waals surface area contributed by atoms with Crippen LogP contribution in [-0.4, -0.2) is 5.97 Å². The predicted molar refractivity (Wildman–Crippen MR) is 84.2 cm³/mol. The number of unbranched alkanes of at least 4 members (excludes halogenated alkanes) is 2. The Kier molecular flexibility index (Phi) is 14.3. The van der Waals surface area contributed by atoms with Gasteiger partial charge >= 0.3 is 0 Å². The van der Waals surface area contributed by atoms with E-state index in [9.17, 15) is 9.90 Å². The zero-order chi connectivity index (χ0) is 14.9. The summed E-state index contributed by atoms with van der Waals surface area (Å²) in [6, 6.07) is 0. The minimum absolute atomic E-state index is 0.157. The van der Waals surface area contributed by atoms with Crippen LogP contribution in [0.5, 0.6) is 0 Å². The van der Waals surface area contributed by atoms with Gasteiger partial charge in [0.1, 0.15) is 0 Å². The molecule has 0 saturated heterocycles. The second-order valence-electron chi connectivity index (χ2n) is 4.61. The second-order valence-corrected chi connectivity index (χ2v) is 4.61. The summed E-state index contributed by atoms with van der Waals surface area (Å²) in [6.45, 7) is 2.14. The Balaban J connectivity index is 3.37.